The number of non-ortho nitro benzene ring substituents is 1. The Morgan fingerprint density at radius 1 is 1.10 bits per heavy atom. The third-order valence-electron chi connectivity index (χ3n) is 6.09. The summed E-state index contributed by atoms with van der Waals surface area (Å²) in [5.41, 5.74) is 0.257. The molecule has 152 valence electrons. The first-order chi connectivity index (χ1) is 14.4. The van der Waals surface area contributed by atoms with E-state index in [-0.39, 0.29) is 41.2 Å². The summed E-state index contributed by atoms with van der Waals surface area (Å²) in [5, 5.41) is 16.4. The van der Waals surface area contributed by atoms with Crippen molar-refractivity contribution in [3.63, 3.8) is 0 Å². The number of nitrogens with zero attached hydrogens (tertiary/aromatic N) is 3. The maximum atomic E-state index is 12.8. The van der Waals surface area contributed by atoms with Gasteiger partial charge in [-0.05, 0) is 42.9 Å². The number of furan rings is 1. The molecule has 2 fully saturated rings. The molecule has 1 saturated carbocycles. The maximum absolute atomic E-state index is 12.8. The zero-order valence-electron chi connectivity index (χ0n) is 15.6. The van der Waals surface area contributed by atoms with Crippen LogP contribution >= 0.6 is 11.6 Å². The molecule has 30 heavy (non-hydrogen) atoms. The topological polar surface area (TPSA) is 106 Å². The molecule has 4 atom stereocenters. The van der Waals surface area contributed by atoms with Crippen molar-refractivity contribution < 1.29 is 18.9 Å². The summed E-state index contributed by atoms with van der Waals surface area (Å²) < 4.78 is 5.67. The number of halogens is 1. The van der Waals surface area contributed by atoms with E-state index in [9.17, 15) is 19.7 Å². The first-order valence-electron chi connectivity index (χ1n) is 9.58. The van der Waals surface area contributed by atoms with Crippen molar-refractivity contribution in [2.24, 2.45) is 28.8 Å². The van der Waals surface area contributed by atoms with E-state index in [4.69, 9.17) is 16.0 Å². The van der Waals surface area contributed by atoms with Crippen molar-refractivity contribution in [1.82, 2.24) is 5.01 Å². The van der Waals surface area contributed by atoms with E-state index >= 15 is 0 Å². The van der Waals surface area contributed by atoms with Gasteiger partial charge in [-0.25, -0.2) is 0 Å². The highest BCUT2D eigenvalue weighted by Crippen LogP contribution is 2.49. The minimum Gasteiger partial charge on any atom is -0.455 e. The minimum absolute atomic E-state index is 0.0999. The van der Waals surface area contributed by atoms with Crippen LogP contribution in [0.3, 0.4) is 0 Å². The molecule has 1 aromatic carbocycles. The van der Waals surface area contributed by atoms with Crippen molar-refractivity contribution in [1.29, 1.82) is 0 Å². The molecule has 1 aliphatic heterocycles. The smallest absolute Gasteiger partial charge is 0.270 e. The second kappa shape index (κ2) is 6.91. The van der Waals surface area contributed by atoms with E-state index in [0.717, 1.165) is 17.9 Å². The van der Waals surface area contributed by atoms with Crippen molar-refractivity contribution in [2.45, 2.75) is 12.8 Å². The van der Waals surface area contributed by atoms with Crippen LogP contribution in [0.4, 0.5) is 5.69 Å². The number of imide groups is 1. The van der Waals surface area contributed by atoms with Gasteiger partial charge in [0, 0.05) is 17.7 Å². The highest BCUT2D eigenvalue weighted by molar-refractivity contribution is 6.33. The zero-order chi connectivity index (χ0) is 21.0. The van der Waals surface area contributed by atoms with Crippen LogP contribution in [0.15, 0.2) is 52.0 Å². The summed E-state index contributed by atoms with van der Waals surface area (Å²) >= 11 is 6.15. The van der Waals surface area contributed by atoms with Crippen LogP contribution in [-0.2, 0) is 9.59 Å². The standard InChI is InChI=1S/C21H16ClN3O5/c22-16-7-5-13(25(28)29)9-15(16)17-8-6-14(30-17)10-23-24-20(26)18-11-1-2-12(4-3-11)19(18)21(24)27/h1-2,5-12,18-19H,3-4H2/b23-10+. The third kappa shape index (κ3) is 2.87. The van der Waals surface area contributed by atoms with Crippen LogP contribution < -0.4 is 0 Å². The number of carbonyl (C=O) groups is 2. The van der Waals surface area contributed by atoms with Gasteiger partial charge in [0.2, 0.25) is 0 Å². The number of amides is 2. The molecule has 8 nitrogen and oxygen atoms in total. The van der Waals surface area contributed by atoms with Crippen LogP contribution in [0, 0.1) is 33.8 Å². The highest BCUT2D eigenvalue weighted by Gasteiger charge is 2.56. The van der Waals surface area contributed by atoms with Gasteiger partial charge >= 0.3 is 0 Å². The fourth-order valence-electron chi connectivity index (χ4n) is 4.67. The molecule has 2 aromatic rings. The van der Waals surface area contributed by atoms with Gasteiger partial charge in [-0.2, -0.15) is 10.1 Å². The number of nitro benzene ring substituents is 1. The van der Waals surface area contributed by atoms with Gasteiger partial charge in [-0.1, -0.05) is 23.8 Å². The SMILES string of the molecule is O=C1C2C3C=CC(CC3)C2C(=O)N1/N=C/c1ccc(-c2cc([N+](=O)[O-])ccc2Cl)o1. The highest BCUT2D eigenvalue weighted by atomic mass is 35.5. The number of rotatable bonds is 4. The van der Waals surface area contributed by atoms with Crippen LogP contribution in [-0.4, -0.2) is 28.0 Å². The number of hydrazone groups is 1. The summed E-state index contributed by atoms with van der Waals surface area (Å²) in [6.07, 6.45) is 7.25. The van der Waals surface area contributed by atoms with Crippen LogP contribution in [0.1, 0.15) is 18.6 Å². The molecule has 4 unspecified atom stereocenters. The van der Waals surface area contributed by atoms with E-state index in [1.807, 2.05) is 0 Å². The van der Waals surface area contributed by atoms with Gasteiger partial charge in [-0.15, -0.1) is 0 Å². The van der Waals surface area contributed by atoms with Crippen molar-refractivity contribution >= 4 is 35.3 Å². The molecule has 0 spiro atoms. The number of hydrogen-bond acceptors (Lipinski definition) is 6. The molecule has 6 rings (SSSR count). The first-order valence-corrected chi connectivity index (χ1v) is 9.96. The molecular formula is C21H16ClN3O5. The number of carbonyl (C=O) groups excluding carboxylic acids is 2. The Labute approximate surface area is 175 Å². The molecule has 0 N–H and O–H groups in total. The van der Waals surface area contributed by atoms with Crippen molar-refractivity contribution in [3.8, 4) is 11.3 Å². The van der Waals surface area contributed by atoms with E-state index in [1.54, 1.807) is 12.1 Å². The number of benzene rings is 1. The van der Waals surface area contributed by atoms with E-state index in [1.165, 1.54) is 24.4 Å². The molecule has 4 aliphatic rings. The maximum Gasteiger partial charge on any atom is 0.270 e. The molecule has 1 aromatic heterocycles. The average Bonchev–Trinajstić information content (AvgIpc) is 3.32. The lowest BCUT2D eigenvalue weighted by atomic mass is 9.63. The molecule has 9 heteroatoms. The fraction of sp³-hybridized carbons (Fsp3) is 0.286. The Balaban J connectivity index is 1.39. The van der Waals surface area contributed by atoms with Crippen LogP contribution in [0.2, 0.25) is 5.02 Å². The molecule has 2 amide bonds. The second-order valence-electron chi connectivity index (χ2n) is 7.70. The molecule has 1 saturated heterocycles. The Bertz CT molecular complexity index is 1110. The first kappa shape index (κ1) is 18.7. The largest absolute Gasteiger partial charge is 0.455 e. The van der Waals surface area contributed by atoms with E-state index in [0.29, 0.717) is 22.1 Å². The normalized spacial score (nSPS) is 27.3. The monoisotopic (exact) mass is 425 g/mol. The second-order valence-corrected chi connectivity index (χ2v) is 8.10. The lowest BCUT2D eigenvalue weighted by molar-refractivity contribution is -0.384. The molecule has 3 aliphatic carbocycles. The van der Waals surface area contributed by atoms with Crippen molar-refractivity contribution in [3.05, 3.63) is 63.4 Å². The van der Waals surface area contributed by atoms with Gasteiger partial charge in [-0.3, -0.25) is 19.7 Å². The third-order valence-corrected chi connectivity index (χ3v) is 6.42. The van der Waals surface area contributed by atoms with Crippen LogP contribution in [0.25, 0.3) is 11.3 Å². The minimum atomic E-state index is -0.517. The van der Waals surface area contributed by atoms with Crippen molar-refractivity contribution in [2.75, 3.05) is 0 Å². The summed E-state index contributed by atoms with van der Waals surface area (Å²) in [6.45, 7) is 0. The van der Waals surface area contributed by atoms with Gasteiger partial charge < -0.3 is 4.42 Å². The number of hydrogen-bond donors (Lipinski definition) is 0. The van der Waals surface area contributed by atoms with Gasteiger partial charge in [0.25, 0.3) is 17.5 Å². The fourth-order valence-corrected chi connectivity index (χ4v) is 4.88. The Morgan fingerprint density at radius 3 is 2.37 bits per heavy atom. The predicted octanol–water partition coefficient (Wildman–Crippen LogP) is 4.04. The van der Waals surface area contributed by atoms with Gasteiger partial charge in [0.1, 0.15) is 11.5 Å². The summed E-state index contributed by atoms with van der Waals surface area (Å²) in [7, 11) is 0. The van der Waals surface area contributed by atoms with E-state index < -0.39 is 4.92 Å². The lowest BCUT2D eigenvalue weighted by Gasteiger charge is -2.37. The van der Waals surface area contributed by atoms with Crippen LogP contribution in [0.5, 0.6) is 0 Å². The van der Waals surface area contributed by atoms with E-state index in [2.05, 4.69) is 17.3 Å². The molecular weight excluding hydrogens is 410 g/mol. The predicted molar refractivity (Wildman–Crippen MR) is 108 cm³/mol. The van der Waals surface area contributed by atoms with Gasteiger partial charge in [0.15, 0.2) is 0 Å². The molecule has 2 bridgehead atoms. The Hall–Kier alpha value is -3.26. The molecule has 2 heterocycles. The quantitative estimate of drug-likeness (QED) is 0.241. The number of allylic oxidation sites excluding steroid dienone is 2. The zero-order valence-corrected chi connectivity index (χ0v) is 16.4. The molecule has 0 radical (unpaired) electrons. The number of fused-ring (bicyclic) bond motifs is 1. The van der Waals surface area contributed by atoms with Gasteiger partial charge in [0.05, 0.1) is 28.0 Å². The lowest BCUT2D eigenvalue weighted by Crippen LogP contribution is -2.38. The summed E-state index contributed by atoms with van der Waals surface area (Å²) in [4.78, 5) is 36.0. The average molecular weight is 426 g/mol. The number of nitro groups is 1. The summed E-state index contributed by atoms with van der Waals surface area (Å²) in [5.74, 6) is -0.374. The Kier molecular flexibility index (Phi) is 4.32. The Morgan fingerprint density at radius 2 is 1.77 bits per heavy atom. The summed E-state index contributed by atoms with van der Waals surface area (Å²) in [6, 6.07) is 7.25.